The maximum atomic E-state index is 12.8. The molecule has 4 heteroatoms. The molecule has 1 amide bonds. The Morgan fingerprint density at radius 2 is 1.91 bits per heavy atom. The second-order valence-electron chi connectivity index (χ2n) is 5.33. The van der Waals surface area contributed by atoms with Gasteiger partial charge < -0.3 is 10.1 Å². The third kappa shape index (κ3) is 2.08. The van der Waals surface area contributed by atoms with Crippen LogP contribution in [-0.2, 0) is 10.2 Å². The SMILES string of the molecule is CCOc1ccc2c(c1)C(CC)(c1ccccc1Cl)C(=O)N2. The standard InChI is InChI=1S/C18H18ClNO2/c1-3-18(13-7-5-6-8-15(13)19)14-11-12(22-4-2)9-10-16(14)20-17(18)21/h5-11H,3-4H2,1-2H3,(H,20,21). The highest BCUT2D eigenvalue weighted by Crippen LogP contribution is 2.48. The van der Waals surface area contributed by atoms with Crippen molar-refractivity contribution in [2.45, 2.75) is 25.7 Å². The van der Waals surface area contributed by atoms with Crippen LogP contribution >= 0.6 is 11.6 Å². The highest BCUT2D eigenvalue weighted by molar-refractivity contribution is 6.32. The molecular weight excluding hydrogens is 298 g/mol. The van der Waals surface area contributed by atoms with Crippen molar-refractivity contribution in [3.63, 3.8) is 0 Å². The summed E-state index contributed by atoms with van der Waals surface area (Å²) in [5, 5.41) is 3.59. The zero-order valence-electron chi connectivity index (χ0n) is 12.7. The third-order valence-electron chi connectivity index (χ3n) is 4.26. The molecule has 0 spiro atoms. The monoisotopic (exact) mass is 315 g/mol. The molecule has 0 fully saturated rings. The number of ether oxygens (including phenoxy) is 1. The molecular formula is C18H18ClNO2. The number of halogens is 1. The number of carbonyl (C=O) groups is 1. The van der Waals surface area contributed by atoms with E-state index in [0.29, 0.717) is 18.1 Å². The molecule has 2 aromatic carbocycles. The Labute approximate surface area is 135 Å². The van der Waals surface area contributed by atoms with Gasteiger partial charge in [0.2, 0.25) is 5.91 Å². The maximum absolute atomic E-state index is 12.8. The average Bonchev–Trinajstić information content (AvgIpc) is 2.80. The van der Waals surface area contributed by atoms with Gasteiger partial charge in [-0.1, -0.05) is 36.7 Å². The summed E-state index contributed by atoms with van der Waals surface area (Å²) < 4.78 is 5.60. The molecule has 0 radical (unpaired) electrons. The Morgan fingerprint density at radius 3 is 2.59 bits per heavy atom. The molecule has 0 saturated carbocycles. The third-order valence-corrected chi connectivity index (χ3v) is 4.59. The van der Waals surface area contributed by atoms with Gasteiger partial charge in [-0.3, -0.25) is 4.79 Å². The van der Waals surface area contributed by atoms with Gasteiger partial charge in [-0.25, -0.2) is 0 Å². The van der Waals surface area contributed by atoms with Crippen LogP contribution in [-0.4, -0.2) is 12.5 Å². The molecule has 0 saturated heterocycles. The van der Waals surface area contributed by atoms with E-state index in [1.807, 2.05) is 56.3 Å². The summed E-state index contributed by atoms with van der Waals surface area (Å²) in [6, 6.07) is 13.3. The fourth-order valence-corrected chi connectivity index (χ4v) is 3.51. The fourth-order valence-electron chi connectivity index (χ4n) is 3.21. The first-order chi connectivity index (χ1) is 10.6. The Balaban J connectivity index is 2.23. The van der Waals surface area contributed by atoms with Crippen LogP contribution < -0.4 is 10.1 Å². The molecule has 0 bridgehead atoms. The second kappa shape index (κ2) is 5.65. The van der Waals surface area contributed by atoms with Gasteiger partial charge in [-0.15, -0.1) is 0 Å². The van der Waals surface area contributed by atoms with Crippen LogP contribution in [0.1, 0.15) is 31.4 Å². The van der Waals surface area contributed by atoms with Crippen molar-refractivity contribution in [3.05, 3.63) is 58.6 Å². The van der Waals surface area contributed by atoms with Crippen molar-refractivity contribution < 1.29 is 9.53 Å². The summed E-state index contributed by atoms with van der Waals surface area (Å²) in [6.07, 6.45) is 0.630. The quantitative estimate of drug-likeness (QED) is 0.909. The van der Waals surface area contributed by atoms with Crippen LogP contribution in [0.4, 0.5) is 5.69 Å². The highest BCUT2D eigenvalue weighted by Gasteiger charge is 2.48. The van der Waals surface area contributed by atoms with E-state index in [1.54, 1.807) is 0 Å². The maximum Gasteiger partial charge on any atom is 0.239 e. The van der Waals surface area contributed by atoms with Crippen LogP contribution in [0.2, 0.25) is 5.02 Å². The van der Waals surface area contributed by atoms with Gasteiger partial charge in [0.05, 0.1) is 6.61 Å². The minimum Gasteiger partial charge on any atom is -0.494 e. The Morgan fingerprint density at radius 1 is 1.14 bits per heavy atom. The summed E-state index contributed by atoms with van der Waals surface area (Å²) >= 11 is 6.39. The molecule has 1 aliphatic rings. The van der Waals surface area contributed by atoms with Crippen LogP contribution in [0.15, 0.2) is 42.5 Å². The molecule has 1 heterocycles. The molecule has 0 aromatic heterocycles. The van der Waals surface area contributed by atoms with E-state index in [1.165, 1.54) is 0 Å². The van der Waals surface area contributed by atoms with Crippen molar-refractivity contribution in [1.29, 1.82) is 0 Å². The van der Waals surface area contributed by atoms with Crippen LogP contribution in [0.25, 0.3) is 0 Å². The van der Waals surface area contributed by atoms with Gasteiger partial charge in [-0.2, -0.15) is 0 Å². The number of fused-ring (bicyclic) bond motifs is 1. The van der Waals surface area contributed by atoms with E-state index < -0.39 is 5.41 Å². The molecule has 114 valence electrons. The zero-order valence-corrected chi connectivity index (χ0v) is 13.4. The van der Waals surface area contributed by atoms with E-state index in [-0.39, 0.29) is 5.91 Å². The Hall–Kier alpha value is -2.00. The Bertz CT molecular complexity index is 729. The largest absolute Gasteiger partial charge is 0.494 e. The number of hydrogen-bond donors (Lipinski definition) is 1. The van der Waals surface area contributed by atoms with Crippen LogP contribution in [0.5, 0.6) is 5.75 Å². The van der Waals surface area contributed by atoms with Gasteiger partial charge in [0, 0.05) is 10.7 Å². The summed E-state index contributed by atoms with van der Waals surface area (Å²) in [4.78, 5) is 12.8. The highest BCUT2D eigenvalue weighted by atomic mass is 35.5. The van der Waals surface area contributed by atoms with Gasteiger partial charge in [0.1, 0.15) is 11.2 Å². The number of amides is 1. The van der Waals surface area contributed by atoms with E-state index in [0.717, 1.165) is 22.6 Å². The second-order valence-corrected chi connectivity index (χ2v) is 5.74. The predicted octanol–water partition coefficient (Wildman–Crippen LogP) is 4.39. The van der Waals surface area contributed by atoms with Gasteiger partial charge in [-0.05, 0) is 48.7 Å². The molecule has 2 aromatic rings. The van der Waals surface area contributed by atoms with Gasteiger partial charge >= 0.3 is 0 Å². The normalized spacial score (nSPS) is 19.7. The average molecular weight is 316 g/mol. The summed E-state index contributed by atoms with van der Waals surface area (Å²) in [6.45, 7) is 4.54. The first kappa shape index (κ1) is 14.9. The number of benzene rings is 2. The van der Waals surface area contributed by atoms with Gasteiger partial charge in [0.25, 0.3) is 0 Å². The fraction of sp³-hybridized carbons (Fsp3) is 0.278. The first-order valence-corrected chi connectivity index (χ1v) is 7.85. The number of carbonyl (C=O) groups excluding carboxylic acids is 1. The van der Waals surface area contributed by atoms with Crippen LogP contribution in [0, 0.1) is 0 Å². The summed E-state index contributed by atoms with van der Waals surface area (Å²) in [5.41, 5.74) is 1.83. The number of nitrogens with one attached hydrogen (secondary N) is 1. The van der Waals surface area contributed by atoms with Crippen molar-refractivity contribution in [2.24, 2.45) is 0 Å². The number of rotatable bonds is 4. The van der Waals surface area contributed by atoms with Gasteiger partial charge in [0.15, 0.2) is 0 Å². The number of hydrogen-bond acceptors (Lipinski definition) is 2. The molecule has 0 aliphatic carbocycles. The zero-order chi connectivity index (χ0) is 15.7. The lowest BCUT2D eigenvalue weighted by Crippen LogP contribution is -2.35. The van der Waals surface area contributed by atoms with Crippen molar-refractivity contribution in [3.8, 4) is 5.75 Å². The Kier molecular flexibility index (Phi) is 3.83. The van der Waals surface area contributed by atoms with Crippen molar-refractivity contribution >= 4 is 23.2 Å². The van der Waals surface area contributed by atoms with Crippen molar-refractivity contribution in [2.75, 3.05) is 11.9 Å². The lowest BCUT2D eigenvalue weighted by Gasteiger charge is -2.27. The molecule has 3 nitrogen and oxygen atoms in total. The lowest BCUT2D eigenvalue weighted by molar-refractivity contribution is -0.119. The molecule has 1 aliphatic heterocycles. The number of anilines is 1. The van der Waals surface area contributed by atoms with E-state index in [9.17, 15) is 4.79 Å². The summed E-state index contributed by atoms with van der Waals surface area (Å²) in [5.74, 6) is 0.731. The molecule has 1 unspecified atom stereocenters. The summed E-state index contributed by atoms with van der Waals surface area (Å²) in [7, 11) is 0. The van der Waals surface area contributed by atoms with E-state index in [4.69, 9.17) is 16.3 Å². The van der Waals surface area contributed by atoms with Crippen LogP contribution in [0.3, 0.4) is 0 Å². The first-order valence-electron chi connectivity index (χ1n) is 7.47. The minimum absolute atomic E-state index is 0.0354. The van der Waals surface area contributed by atoms with E-state index in [2.05, 4.69) is 5.32 Å². The smallest absolute Gasteiger partial charge is 0.239 e. The molecule has 22 heavy (non-hydrogen) atoms. The topological polar surface area (TPSA) is 38.3 Å². The lowest BCUT2D eigenvalue weighted by atomic mass is 9.73. The predicted molar refractivity (Wildman–Crippen MR) is 88.8 cm³/mol. The molecule has 3 rings (SSSR count). The van der Waals surface area contributed by atoms with Crippen molar-refractivity contribution in [1.82, 2.24) is 0 Å². The van der Waals surface area contributed by atoms with E-state index >= 15 is 0 Å². The molecule has 1 N–H and O–H groups in total. The minimum atomic E-state index is -0.763. The molecule has 1 atom stereocenters.